The normalized spacial score (nSPS) is 13.9. The quantitative estimate of drug-likeness (QED) is 0.576. The van der Waals surface area contributed by atoms with E-state index < -0.39 is 23.7 Å². The predicted octanol–water partition coefficient (Wildman–Crippen LogP) is 2.55. The molecule has 0 aromatic carbocycles. The zero-order valence-electron chi connectivity index (χ0n) is 7.60. The first-order chi connectivity index (χ1) is 6.11. The number of rotatable bonds is 4. The highest BCUT2D eigenvalue weighted by atomic mass is 19.3. The summed E-state index contributed by atoms with van der Waals surface area (Å²) in [6.07, 6.45) is -2.84. The minimum absolute atomic E-state index is 0.427. The van der Waals surface area contributed by atoms with Gasteiger partial charge in [0.05, 0.1) is 5.41 Å². The average Bonchev–Trinajstić information content (AvgIpc) is 2.00. The monoisotopic (exact) mass is 214 g/mol. The molecule has 0 spiro atoms. The van der Waals surface area contributed by atoms with Crippen LogP contribution < -0.4 is 0 Å². The molecular weight excluding hydrogens is 204 g/mol. The molecule has 82 valence electrons. The van der Waals surface area contributed by atoms with E-state index in [1.807, 2.05) is 0 Å². The minimum atomic E-state index is -4.25. The Morgan fingerprint density at radius 1 is 1.36 bits per heavy atom. The smallest absolute Gasteiger partial charge is 0.328 e. The molecule has 0 fully saturated rings. The number of carboxylic acids is 1. The van der Waals surface area contributed by atoms with Gasteiger partial charge in [-0.3, -0.25) is 0 Å². The van der Waals surface area contributed by atoms with Crippen molar-refractivity contribution in [2.24, 2.45) is 5.41 Å². The van der Waals surface area contributed by atoms with E-state index in [0.29, 0.717) is 12.2 Å². The molecule has 0 aromatic heterocycles. The molecule has 0 aliphatic carbocycles. The maximum atomic E-state index is 12.8. The number of aliphatic carboxylic acids is 1. The Hall–Kier alpha value is -1.07. The van der Waals surface area contributed by atoms with Crippen molar-refractivity contribution in [3.8, 4) is 0 Å². The molecule has 6 heteroatoms. The standard InChI is InChI=1S/C8H10F4O2/c1-7(2,4-3-5(13)14)8(11,12)6(9)10/h3-4,6H,1-2H3,(H,13,14). The highest BCUT2D eigenvalue weighted by Crippen LogP contribution is 2.41. The van der Waals surface area contributed by atoms with Gasteiger partial charge in [0.2, 0.25) is 0 Å². The van der Waals surface area contributed by atoms with Crippen LogP contribution in [0.15, 0.2) is 12.2 Å². The fraction of sp³-hybridized carbons (Fsp3) is 0.625. The van der Waals surface area contributed by atoms with E-state index in [4.69, 9.17) is 5.11 Å². The summed E-state index contributed by atoms with van der Waals surface area (Å²) >= 11 is 0. The summed E-state index contributed by atoms with van der Waals surface area (Å²) in [4.78, 5) is 10.0. The Morgan fingerprint density at radius 3 is 2.07 bits per heavy atom. The summed E-state index contributed by atoms with van der Waals surface area (Å²) in [5.41, 5.74) is -2.19. The number of carbonyl (C=O) groups is 1. The number of allylic oxidation sites excluding steroid dienone is 1. The van der Waals surface area contributed by atoms with Crippen LogP contribution in [0.25, 0.3) is 0 Å². The Balaban J connectivity index is 4.85. The van der Waals surface area contributed by atoms with Gasteiger partial charge in [-0.15, -0.1) is 0 Å². The van der Waals surface area contributed by atoms with Crippen molar-refractivity contribution in [2.45, 2.75) is 26.2 Å². The highest BCUT2D eigenvalue weighted by molar-refractivity contribution is 5.79. The van der Waals surface area contributed by atoms with Crippen LogP contribution >= 0.6 is 0 Å². The Bertz CT molecular complexity index is 246. The lowest BCUT2D eigenvalue weighted by atomic mass is 9.85. The van der Waals surface area contributed by atoms with E-state index in [1.54, 1.807) is 0 Å². The number of alkyl halides is 4. The van der Waals surface area contributed by atoms with Crippen LogP contribution in [0.4, 0.5) is 17.6 Å². The summed E-state index contributed by atoms with van der Waals surface area (Å²) in [7, 11) is 0. The molecule has 0 aliphatic rings. The van der Waals surface area contributed by atoms with Gasteiger partial charge in [0.1, 0.15) is 0 Å². The van der Waals surface area contributed by atoms with E-state index in [1.165, 1.54) is 0 Å². The molecule has 0 bridgehead atoms. The molecule has 2 nitrogen and oxygen atoms in total. The van der Waals surface area contributed by atoms with Gasteiger partial charge in [0.25, 0.3) is 0 Å². The van der Waals surface area contributed by atoms with Crippen LogP contribution in [0, 0.1) is 5.41 Å². The summed E-state index contributed by atoms with van der Waals surface area (Å²) in [5, 5.41) is 8.16. The molecule has 0 saturated heterocycles. The van der Waals surface area contributed by atoms with Gasteiger partial charge < -0.3 is 5.11 Å². The van der Waals surface area contributed by atoms with Crippen LogP contribution in [0.1, 0.15) is 13.8 Å². The topological polar surface area (TPSA) is 37.3 Å². The summed E-state index contributed by atoms with van der Waals surface area (Å²) < 4.78 is 49.4. The third-order valence-corrected chi connectivity index (χ3v) is 1.78. The Kier molecular flexibility index (Phi) is 3.67. The van der Waals surface area contributed by atoms with E-state index in [-0.39, 0.29) is 0 Å². The largest absolute Gasteiger partial charge is 0.478 e. The first-order valence-corrected chi connectivity index (χ1v) is 3.69. The summed E-state index contributed by atoms with van der Waals surface area (Å²) in [6, 6.07) is 0. The summed E-state index contributed by atoms with van der Waals surface area (Å²) in [5.74, 6) is -5.71. The van der Waals surface area contributed by atoms with Gasteiger partial charge >= 0.3 is 18.3 Å². The summed E-state index contributed by atoms with van der Waals surface area (Å²) in [6.45, 7) is 1.69. The molecule has 0 aromatic rings. The lowest BCUT2D eigenvalue weighted by Crippen LogP contribution is -2.41. The average molecular weight is 214 g/mol. The molecule has 0 heterocycles. The first kappa shape index (κ1) is 12.9. The lowest BCUT2D eigenvalue weighted by Gasteiger charge is -2.30. The van der Waals surface area contributed by atoms with Crippen molar-refractivity contribution in [2.75, 3.05) is 0 Å². The van der Waals surface area contributed by atoms with Gasteiger partial charge in [-0.05, 0) is 0 Å². The lowest BCUT2D eigenvalue weighted by molar-refractivity contribution is -0.181. The second-order valence-corrected chi connectivity index (χ2v) is 3.32. The van der Waals surface area contributed by atoms with Crippen molar-refractivity contribution in [3.63, 3.8) is 0 Å². The van der Waals surface area contributed by atoms with Gasteiger partial charge in [0, 0.05) is 6.08 Å². The number of halogens is 4. The van der Waals surface area contributed by atoms with Crippen LogP contribution in [-0.2, 0) is 4.79 Å². The molecule has 1 N–H and O–H groups in total. The van der Waals surface area contributed by atoms with Crippen molar-refractivity contribution < 1.29 is 27.5 Å². The van der Waals surface area contributed by atoms with Crippen molar-refractivity contribution in [1.82, 2.24) is 0 Å². The van der Waals surface area contributed by atoms with E-state index in [2.05, 4.69) is 0 Å². The first-order valence-electron chi connectivity index (χ1n) is 3.69. The van der Waals surface area contributed by atoms with Crippen LogP contribution in [-0.4, -0.2) is 23.4 Å². The minimum Gasteiger partial charge on any atom is -0.478 e. The van der Waals surface area contributed by atoms with Gasteiger partial charge in [0.15, 0.2) is 0 Å². The molecular formula is C8H10F4O2. The Morgan fingerprint density at radius 2 is 1.79 bits per heavy atom. The van der Waals surface area contributed by atoms with Gasteiger partial charge in [-0.1, -0.05) is 19.9 Å². The van der Waals surface area contributed by atoms with Crippen LogP contribution in [0.3, 0.4) is 0 Å². The molecule has 14 heavy (non-hydrogen) atoms. The molecule has 0 amide bonds. The fourth-order valence-corrected chi connectivity index (χ4v) is 0.672. The van der Waals surface area contributed by atoms with Crippen molar-refractivity contribution in [1.29, 1.82) is 0 Å². The molecule has 0 saturated carbocycles. The molecule has 0 rings (SSSR count). The third kappa shape index (κ3) is 2.71. The van der Waals surface area contributed by atoms with Crippen LogP contribution in [0.2, 0.25) is 0 Å². The number of hydrogen-bond donors (Lipinski definition) is 1. The predicted molar refractivity (Wildman–Crippen MR) is 41.5 cm³/mol. The molecule has 0 radical (unpaired) electrons. The Labute approximate surface area is 78.2 Å². The van der Waals surface area contributed by atoms with Crippen molar-refractivity contribution in [3.05, 3.63) is 12.2 Å². The SMILES string of the molecule is CC(C)(C=CC(=O)O)C(F)(F)C(F)F. The number of carboxylic acid groups (broad SMARTS) is 1. The third-order valence-electron chi connectivity index (χ3n) is 1.78. The van der Waals surface area contributed by atoms with E-state index in [0.717, 1.165) is 13.8 Å². The maximum Gasteiger partial charge on any atom is 0.328 e. The molecule has 0 aliphatic heterocycles. The van der Waals surface area contributed by atoms with Crippen molar-refractivity contribution >= 4 is 5.97 Å². The van der Waals surface area contributed by atoms with Crippen LogP contribution in [0.5, 0.6) is 0 Å². The molecule has 0 unspecified atom stereocenters. The van der Waals surface area contributed by atoms with Gasteiger partial charge in [-0.25, -0.2) is 13.6 Å². The molecule has 0 atom stereocenters. The van der Waals surface area contributed by atoms with Gasteiger partial charge in [-0.2, -0.15) is 8.78 Å². The highest BCUT2D eigenvalue weighted by Gasteiger charge is 2.52. The van der Waals surface area contributed by atoms with E-state index >= 15 is 0 Å². The van der Waals surface area contributed by atoms with E-state index in [9.17, 15) is 22.4 Å². The zero-order valence-corrected chi connectivity index (χ0v) is 7.60. The second kappa shape index (κ2) is 3.98. The zero-order chi connectivity index (χ0) is 11.6. The maximum absolute atomic E-state index is 12.8. The second-order valence-electron chi connectivity index (χ2n) is 3.32. The fourth-order valence-electron chi connectivity index (χ4n) is 0.672. The number of hydrogen-bond acceptors (Lipinski definition) is 1.